The third-order valence-corrected chi connectivity index (χ3v) is 5.80. The summed E-state index contributed by atoms with van der Waals surface area (Å²) in [5.74, 6) is -0.247. The first-order chi connectivity index (χ1) is 12.1. The molecule has 7 nitrogen and oxygen atoms in total. The van der Waals surface area contributed by atoms with Gasteiger partial charge in [-0.05, 0) is 42.6 Å². The molecule has 0 aliphatic heterocycles. The topological polar surface area (TPSA) is 124 Å². The van der Waals surface area contributed by atoms with E-state index >= 15 is 0 Å². The van der Waals surface area contributed by atoms with E-state index in [1.165, 1.54) is 36.4 Å². The Labute approximate surface area is 150 Å². The van der Waals surface area contributed by atoms with Gasteiger partial charge in [0.1, 0.15) is 4.90 Å². The predicted octanol–water partition coefficient (Wildman–Crippen LogP) is 2.74. The molecular formula is C17H15NO6S2. The Morgan fingerprint density at radius 2 is 1.54 bits per heavy atom. The van der Waals surface area contributed by atoms with E-state index in [9.17, 15) is 21.4 Å². The van der Waals surface area contributed by atoms with E-state index in [2.05, 4.69) is 0 Å². The van der Waals surface area contributed by atoms with E-state index in [1.54, 1.807) is 12.1 Å². The lowest BCUT2D eigenvalue weighted by Gasteiger charge is -2.12. The van der Waals surface area contributed by atoms with Crippen LogP contribution in [0, 0.1) is 6.92 Å². The van der Waals surface area contributed by atoms with Crippen LogP contribution in [0.2, 0.25) is 0 Å². The zero-order valence-corrected chi connectivity index (χ0v) is 15.2. The van der Waals surface area contributed by atoms with Crippen molar-refractivity contribution in [1.29, 1.82) is 0 Å². The highest BCUT2D eigenvalue weighted by Gasteiger charge is 2.21. The third kappa shape index (κ3) is 3.64. The highest BCUT2D eigenvalue weighted by molar-refractivity contribution is 7.87. The highest BCUT2D eigenvalue weighted by atomic mass is 32.2. The molecule has 0 amide bonds. The van der Waals surface area contributed by atoms with E-state index in [0.717, 1.165) is 11.6 Å². The normalized spacial score (nSPS) is 12.2. The number of hydrogen-bond acceptors (Lipinski definition) is 6. The molecule has 0 spiro atoms. The van der Waals surface area contributed by atoms with Crippen molar-refractivity contribution in [2.24, 2.45) is 0 Å². The molecule has 3 N–H and O–H groups in total. The third-order valence-electron chi connectivity index (χ3n) is 3.72. The van der Waals surface area contributed by atoms with E-state index in [-0.39, 0.29) is 10.6 Å². The summed E-state index contributed by atoms with van der Waals surface area (Å²) in [6.45, 7) is 1.81. The lowest BCUT2D eigenvalue weighted by atomic mass is 10.1. The fourth-order valence-electron chi connectivity index (χ4n) is 2.40. The van der Waals surface area contributed by atoms with Crippen LogP contribution >= 0.6 is 0 Å². The summed E-state index contributed by atoms with van der Waals surface area (Å²) < 4.78 is 62.6. The second kappa shape index (κ2) is 6.27. The van der Waals surface area contributed by atoms with Crippen LogP contribution in [-0.4, -0.2) is 21.4 Å². The van der Waals surface area contributed by atoms with Gasteiger partial charge in [0.15, 0.2) is 5.75 Å². The van der Waals surface area contributed by atoms with Gasteiger partial charge in [-0.25, -0.2) is 0 Å². The Balaban J connectivity index is 2.19. The van der Waals surface area contributed by atoms with Gasteiger partial charge in [-0.1, -0.05) is 23.8 Å². The molecule has 136 valence electrons. The van der Waals surface area contributed by atoms with Gasteiger partial charge in [0.25, 0.3) is 10.1 Å². The first-order valence-electron chi connectivity index (χ1n) is 7.38. The molecule has 3 aromatic rings. The van der Waals surface area contributed by atoms with Crippen molar-refractivity contribution >= 4 is 36.7 Å². The van der Waals surface area contributed by atoms with Crippen molar-refractivity contribution < 1.29 is 25.6 Å². The smallest absolute Gasteiger partial charge is 0.339 e. The summed E-state index contributed by atoms with van der Waals surface area (Å²) in [7, 11) is -8.77. The zero-order valence-electron chi connectivity index (χ0n) is 13.6. The molecule has 0 atom stereocenters. The quantitative estimate of drug-likeness (QED) is 0.397. The van der Waals surface area contributed by atoms with Crippen molar-refractivity contribution in [1.82, 2.24) is 0 Å². The number of nitrogens with two attached hydrogens (primary N) is 1. The van der Waals surface area contributed by atoms with Crippen molar-refractivity contribution in [3.63, 3.8) is 0 Å². The summed E-state index contributed by atoms with van der Waals surface area (Å²) >= 11 is 0. The minimum absolute atomic E-state index is 0.0857. The molecule has 3 aromatic carbocycles. The molecule has 0 heterocycles. The Bertz CT molecular complexity index is 1200. The van der Waals surface area contributed by atoms with Gasteiger partial charge >= 0.3 is 10.1 Å². The fraction of sp³-hybridized carbons (Fsp3) is 0.0588. The standard InChI is InChI=1S/C17H15NO6S2/c1-11-2-6-14(7-3-11)26(22,23)24-17-10-15(25(19,20)21)8-12-4-5-13(18)9-16(12)17/h2-10H,18H2,1H3,(H,19,20,21). The number of fused-ring (bicyclic) bond motifs is 1. The van der Waals surface area contributed by atoms with Crippen LogP contribution in [0.25, 0.3) is 10.8 Å². The first kappa shape index (κ1) is 18.2. The largest absolute Gasteiger partial charge is 0.399 e. The Morgan fingerprint density at radius 1 is 0.885 bits per heavy atom. The summed E-state index contributed by atoms with van der Waals surface area (Å²) in [6, 6.07) is 12.6. The maximum Gasteiger partial charge on any atom is 0.339 e. The van der Waals surface area contributed by atoms with Gasteiger partial charge in [-0.3, -0.25) is 4.55 Å². The molecule has 0 radical (unpaired) electrons. The van der Waals surface area contributed by atoms with E-state index in [4.69, 9.17) is 9.92 Å². The molecule has 0 fully saturated rings. The number of anilines is 1. The second-order valence-electron chi connectivity index (χ2n) is 5.73. The van der Waals surface area contributed by atoms with Gasteiger partial charge in [0.05, 0.1) is 4.90 Å². The predicted molar refractivity (Wildman–Crippen MR) is 97.2 cm³/mol. The average Bonchev–Trinajstić information content (AvgIpc) is 2.54. The van der Waals surface area contributed by atoms with Gasteiger partial charge in [-0.15, -0.1) is 0 Å². The number of benzene rings is 3. The SMILES string of the molecule is Cc1ccc(S(=O)(=O)Oc2cc(S(=O)(=O)O)cc3ccc(N)cc23)cc1. The molecule has 9 heteroatoms. The molecule has 26 heavy (non-hydrogen) atoms. The molecule has 3 rings (SSSR count). The second-order valence-corrected chi connectivity index (χ2v) is 8.70. The molecule has 0 bridgehead atoms. The fourth-order valence-corrected chi connectivity index (χ4v) is 3.88. The summed E-state index contributed by atoms with van der Waals surface area (Å²) in [5.41, 5.74) is 6.95. The number of rotatable bonds is 4. The van der Waals surface area contributed by atoms with Crippen molar-refractivity contribution in [2.75, 3.05) is 5.73 Å². The Morgan fingerprint density at radius 3 is 2.15 bits per heavy atom. The summed E-state index contributed by atoms with van der Waals surface area (Å²) in [4.78, 5) is -0.568. The van der Waals surface area contributed by atoms with Crippen LogP contribution in [0.15, 0.2) is 64.4 Å². The van der Waals surface area contributed by atoms with Crippen molar-refractivity contribution in [3.05, 3.63) is 60.2 Å². The maximum atomic E-state index is 12.5. The lowest BCUT2D eigenvalue weighted by molar-refractivity contribution is 0.477. The van der Waals surface area contributed by atoms with Crippen molar-refractivity contribution in [2.45, 2.75) is 16.7 Å². The van der Waals surface area contributed by atoms with Crippen LogP contribution in [0.3, 0.4) is 0 Å². The number of aryl methyl sites for hydroxylation is 1. The van der Waals surface area contributed by atoms with Crippen LogP contribution in [0.1, 0.15) is 5.56 Å². The average molecular weight is 393 g/mol. The minimum Gasteiger partial charge on any atom is -0.399 e. The zero-order chi connectivity index (χ0) is 19.1. The highest BCUT2D eigenvalue weighted by Crippen LogP contribution is 2.33. The van der Waals surface area contributed by atoms with Gasteiger partial charge < -0.3 is 9.92 Å². The van der Waals surface area contributed by atoms with Gasteiger partial charge in [-0.2, -0.15) is 16.8 Å². The van der Waals surface area contributed by atoms with Crippen LogP contribution in [0.4, 0.5) is 5.69 Å². The monoisotopic (exact) mass is 393 g/mol. The van der Waals surface area contributed by atoms with Crippen LogP contribution in [0.5, 0.6) is 5.75 Å². The molecule has 0 unspecified atom stereocenters. The van der Waals surface area contributed by atoms with Gasteiger partial charge in [0, 0.05) is 17.1 Å². The number of nitrogen functional groups attached to an aromatic ring is 1. The lowest BCUT2D eigenvalue weighted by Crippen LogP contribution is -2.11. The minimum atomic E-state index is -4.56. The summed E-state index contributed by atoms with van der Waals surface area (Å²) in [6.07, 6.45) is 0. The van der Waals surface area contributed by atoms with E-state index in [0.29, 0.717) is 16.5 Å². The summed E-state index contributed by atoms with van der Waals surface area (Å²) in [5, 5.41) is 0.650. The first-order valence-corrected chi connectivity index (χ1v) is 10.2. The molecule has 0 saturated carbocycles. The molecule has 0 saturated heterocycles. The molecular weight excluding hydrogens is 378 g/mol. The Kier molecular flexibility index (Phi) is 4.39. The maximum absolute atomic E-state index is 12.5. The Hall–Kier alpha value is -2.62. The van der Waals surface area contributed by atoms with Gasteiger partial charge in [0.2, 0.25) is 0 Å². The van der Waals surface area contributed by atoms with E-state index < -0.39 is 25.1 Å². The molecule has 0 aromatic heterocycles. The molecule has 0 aliphatic carbocycles. The van der Waals surface area contributed by atoms with Crippen molar-refractivity contribution in [3.8, 4) is 5.75 Å². The van der Waals surface area contributed by atoms with Crippen LogP contribution < -0.4 is 9.92 Å². The molecule has 0 aliphatic rings. The number of hydrogen-bond donors (Lipinski definition) is 2. The van der Waals surface area contributed by atoms with E-state index in [1.807, 2.05) is 6.92 Å². The van der Waals surface area contributed by atoms with Crippen LogP contribution in [-0.2, 0) is 20.2 Å².